The number of morpholine rings is 1. The molecule has 0 radical (unpaired) electrons. The van der Waals surface area contributed by atoms with E-state index in [0.717, 1.165) is 41.7 Å². The molecule has 0 unspecified atom stereocenters. The maximum atomic E-state index is 6.03. The van der Waals surface area contributed by atoms with E-state index in [0.29, 0.717) is 35.0 Å². The second-order valence-corrected chi connectivity index (χ2v) is 9.53. The first-order chi connectivity index (χ1) is 20.0. The van der Waals surface area contributed by atoms with Gasteiger partial charge < -0.3 is 24.8 Å². The third-order valence-electron chi connectivity index (χ3n) is 5.78. The zero-order valence-electron chi connectivity index (χ0n) is 21.9. The summed E-state index contributed by atoms with van der Waals surface area (Å²) in [7, 11) is 0. The number of aromatic nitrogens is 4. The number of nitrogens with zero attached hydrogens (tertiary/aromatic N) is 5. The minimum atomic E-state index is 0.235. The molecule has 11 heteroatoms. The summed E-state index contributed by atoms with van der Waals surface area (Å²) in [6, 6.07) is 26.1. The summed E-state index contributed by atoms with van der Waals surface area (Å²) in [6.07, 6.45) is 3.33. The van der Waals surface area contributed by atoms with E-state index < -0.39 is 0 Å². The van der Waals surface area contributed by atoms with E-state index in [4.69, 9.17) is 48.1 Å². The lowest BCUT2D eigenvalue weighted by Gasteiger charge is -2.28. The van der Waals surface area contributed by atoms with Gasteiger partial charge >= 0.3 is 0 Å². The average molecular weight is 589 g/mol. The first-order valence-corrected chi connectivity index (χ1v) is 13.5. The highest BCUT2D eigenvalue weighted by molar-refractivity contribution is 6.32. The standard InChI is InChI=1S/C19H19N5O2.C11H7Cl2NO/c20-19-21-12-14(13-22-19)17-10-16(26-15-4-2-1-3-5-15)11-18(23-17)24-6-8-25-9-7-24;12-10-6-9(7-11(13)14-10)15-8-4-2-1-3-5-8/h1-5,10-13H,6-9H2,(H2,20,21,22);1-7H. The number of nitrogen functional groups attached to an aromatic ring is 1. The van der Waals surface area contributed by atoms with Gasteiger partial charge in [-0.3, -0.25) is 0 Å². The van der Waals surface area contributed by atoms with E-state index in [-0.39, 0.29) is 5.95 Å². The monoisotopic (exact) mass is 588 g/mol. The Morgan fingerprint density at radius 2 is 1.22 bits per heavy atom. The Hall–Kier alpha value is -4.44. The number of anilines is 2. The lowest BCUT2D eigenvalue weighted by atomic mass is 10.2. The van der Waals surface area contributed by atoms with Gasteiger partial charge in [0.05, 0.1) is 18.9 Å². The van der Waals surface area contributed by atoms with E-state index in [9.17, 15) is 0 Å². The van der Waals surface area contributed by atoms with Gasteiger partial charge in [-0.1, -0.05) is 59.6 Å². The first-order valence-electron chi connectivity index (χ1n) is 12.7. The quantitative estimate of drug-likeness (QED) is 0.211. The van der Waals surface area contributed by atoms with Crippen molar-refractivity contribution >= 4 is 35.0 Å². The highest BCUT2D eigenvalue weighted by Crippen LogP contribution is 2.30. The fourth-order valence-electron chi connectivity index (χ4n) is 3.87. The first kappa shape index (κ1) is 28.1. The van der Waals surface area contributed by atoms with Crippen LogP contribution in [0.5, 0.6) is 23.0 Å². The van der Waals surface area contributed by atoms with Gasteiger partial charge in [-0.25, -0.2) is 19.9 Å². The van der Waals surface area contributed by atoms with Crippen LogP contribution in [0.25, 0.3) is 11.3 Å². The molecule has 2 N–H and O–H groups in total. The van der Waals surface area contributed by atoms with Crippen molar-refractivity contribution in [2.75, 3.05) is 36.9 Å². The molecule has 1 aliphatic heterocycles. The molecule has 41 heavy (non-hydrogen) atoms. The highest BCUT2D eigenvalue weighted by Gasteiger charge is 2.16. The maximum absolute atomic E-state index is 6.03. The van der Waals surface area contributed by atoms with Crippen LogP contribution in [0, 0.1) is 0 Å². The van der Waals surface area contributed by atoms with Gasteiger partial charge in [0, 0.05) is 55.3 Å². The van der Waals surface area contributed by atoms with Gasteiger partial charge in [0.1, 0.15) is 39.1 Å². The second kappa shape index (κ2) is 13.8. The number of para-hydroxylation sites is 2. The molecule has 6 rings (SSSR count). The summed E-state index contributed by atoms with van der Waals surface area (Å²) < 4.78 is 17.0. The molecule has 2 aromatic carbocycles. The average Bonchev–Trinajstić information content (AvgIpc) is 2.99. The third-order valence-corrected chi connectivity index (χ3v) is 6.17. The van der Waals surface area contributed by atoms with Crippen molar-refractivity contribution in [1.82, 2.24) is 19.9 Å². The zero-order valence-corrected chi connectivity index (χ0v) is 23.4. The van der Waals surface area contributed by atoms with Crippen molar-refractivity contribution in [3.8, 4) is 34.3 Å². The summed E-state index contributed by atoms with van der Waals surface area (Å²) in [5.41, 5.74) is 7.11. The van der Waals surface area contributed by atoms with Gasteiger partial charge in [0.15, 0.2) is 0 Å². The molecule has 1 fully saturated rings. The number of hydrogen-bond donors (Lipinski definition) is 1. The Morgan fingerprint density at radius 3 is 1.78 bits per heavy atom. The van der Waals surface area contributed by atoms with Crippen molar-refractivity contribution in [3.63, 3.8) is 0 Å². The van der Waals surface area contributed by atoms with Crippen molar-refractivity contribution in [2.45, 2.75) is 0 Å². The SMILES string of the molecule is Clc1cc(Oc2ccccc2)cc(Cl)n1.Nc1ncc(-c2cc(Oc3ccccc3)cc(N3CCOCC3)n2)cn1. The summed E-state index contributed by atoms with van der Waals surface area (Å²) in [5, 5.41) is 0.627. The molecule has 5 aromatic rings. The minimum Gasteiger partial charge on any atom is -0.457 e. The number of benzene rings is 2. The third kappa shape index (κ3) is 8.28. The van der Waals surface area contributed by atoms with Crippen molar-refractivity contribution in [3.05, 3.63) is 108 Å². The van der Waals surface area contributed by atoms with Crippen LogP contribution in [0.1, 0.15) is 0 Å². The molecule has 1 aliphatic rings. The summed E-state index contributed by atoms with van der Waals surface area (Å²) in [5.74, 6) is 3.86. The number of rotatable bonds is 6. The summed E-state index contributed by atoms with van der Waals surface area (Å²) in [4.78, 5) is 18.9. The van der Waals surface area contributed by atoms with Gasteiger partial charge in [0.2, 0.25) is 5.95 Å². The van der Waals surface area contributed by atoms with Crippen molar-refractivity contribution in [2.24, 2.45) is 0 Å². The Kier molecular flexibility index (Phi) is 9.43. The van der Waals surface area contributed by atoms with Crippen molar-refractivity contribution in [1.29, 1.82) is 0 Å². The molecule has 0 amide bonds. The molecule has 208 valence electrons. The van der Waals surface area contributed by atoms with E-state index in [1.165, 1.54) is 0 Å². The molecule has 9 nitrogen and oxygen atoms in total. The molecular weight excluding hydrogens is 563 g/mol. The largest absolute Gasteiger partial charge is 0.457 e. The molecule has 0 aliphatic carbocycles. The van der Waals surface area contributed by atoms with Crippen LogP contribution in [-0.2, 0) is 4.74 Å². The van der Waals surface area contributed by atoms with Crippen LogP contribution in [0.2, 0.25) is 10.3 Å². The van der Waals surface area contributed by atoms with Crippen LogP contribution < -0.4 is 20.1 Å². The van der Waals surface area contributed by atoms with Crippen LogP contribution in [0.4, 0.5) is 11.8 Å². The van der Waals surface area contributed by atoms with Gasteiger partial charge in [-0.05, 0) is 24.3 Å². The van der Waals surface area contributed by atoms with E-state index in [1.54, 1.807) is 24.5 Å². The topological polar surface area (TPSA) is 109 Å². The zero-order chi connectivity index (χ0) is 28.4. The van der Waals surface area contributed by atoms with Gasteiger partial charge in [-0.2, -0.15) is 0 Å². The lowest BCUT2D eigenvalue weighted by Crippen LogP contribution is -2.36. The molecule has 0 atom stereocenters. The number of ether oxygens (including phenoxy) is 3. The number of nitrogens with two attached hydrogens (primary N) is 1. The second-order valence-electron chi connectivity index (χ2n) is 8.75. The number of hydrogen-bond acceptors (Lipinski definition) is 9. The summed E-state index contributed by atoms with van der Waals surface area (Å²) in [6.45, 7) is 2.95. The number of halogens is 2. The van der Waals surface area contributed by atoms with Crippen LogP contribution in [0.3, 0.4) is 0 Å². The number of pyridine rings is 2. The van der Waals surface area contributed by atoms with E-state index in [2.05, 4.69) is 19.9 Å². The molecule has 0 saturated carbocycles. The molecular formula is C30H26Cl2N6O3. The fraction of sp³-hybridized carbons (Fsp3) is 0.133. The van der Waals surface area contributed by atoms with Crippen LogP contribution in [0.15, 0.2) is 97.3 Å². The van der Waals surface area contributed by atoms with Crippen LogP contribution >= 0.6 is 23.2 Å². The summed E-state index contributed by atoms with van der Waals surface area (Å²) >= 11 is 11.5. The molecule has 1 saturated heterocycles. The van der Waals surface area contributed by atoms with E-state index >= 15 is 0 Å². The molecule has 0 spiro atoms. The van der Waals surface area contributed by atoms with Crippen LogP contribution in [-0.4, -0.2) is 46.2 Å². The smallest absolute Gasteiger partial charge is 0.219 e. The normalized spacial score (nSPS) is 12.7. The van der Waals surface area contributed by atoms with Gasteiger partial charge in [-0.15, -0.1) is 0 Å². The van der Waals surface area contributed by atoms with Gasteiger partial charge in [0.25, 0.3) is 0 Å². The minimum absolute atomic E-state index is 0.235. The Morgan fingerprint density at radius 1 is 0.683 bits per heavy atom. The Balaban J connectivity index is 0.000000191. The highest BCUT2D eigenvalue weighted by atomic mass is 35.5. The predicted molar refractivity (Wildman–Crippen MR) is 160 cm³/mol. The maximum Gasteiger partial charge on any atom is 0.219 e. The Labute approximate surface area is 247 Å². The Bertz CT molecular complexity index is 1530. The fourth-order valence-corrected chi connectivity index (χ4v) is 4.31. The van der Waals surface area contributed by atoms with Crippen molar-refractivity contribution < 1.29 is 14.2 Å². The predicted octanol–water partition coefficient (Wildman–Crippen LogP) is 6.93. The molecule has 3 aromatic heterocycles. The lowest BCUT2D eigenvalue weighted by molar-refractivity contribution is 0.122. The molecule has 0 bridgehead atoms. The molecule has 4 heterocycles. The van der Waals surface area contributed by atoms with E-state index in [1.807, 2.05) is 72.8 Å².